The number of nitrogens with zero attached hydrogens (tertiary/aromatic N) is 1. The van der Waals surface area contributed by atoms with Crippen molar-refractivity contribution in [1.82, 2.24) is 10.2 Å². The van der Waals surface area contributed by atoms with E-state index in [-0.39, 0.29) is 6.04 Å². The third-order valence-corrected chi connectivity index (χ3v) is 4.16. The first-order chi connectivity index (χ1) is 7.84. The van der Waals surface area contributed by atoms with Gasteiger partial charge in [-0.05, 0) is 19.4 Å². The zero-order chi connectivity index (χ0) is 11.0. The Labute approximate surface area is 96.3 Å². The van der Waals surface area contributed by atoms with Gasteiger partial charge < -0.3 is 15.0 Å². The van der Waals surface area contributed by atoms with Gasteiger partial charge in [0.25, 0.3) is 0 Å². The third-order valence-electron chi connectivity index (χ3n) is 4.16. The van der Waals surface area contributed by atoms with Crippen LogP contribution in [0, 0.1) is 11.8 Å². The van der Waals surface area contributed by atoms with Gasteiger partial charge in [-0.25, -0.2) is 0 Å². The fourth-order valence-electron chi connectivity index (χ4n) is 3.15. The molecule has 1 amide bonds. The Hall–Kier alpha value is -0.610. The van der Waals surface area contributed by atoms with Crippen LogP contribution >= 0.6 is 0 Å². The van der Waals surface area contributed by atoms with Gasteiger partial charge in [0.15, 0.2) is 0 Å². The summed E-state index contributed by atoms with van der Waals surface area (Å²) in [5.74, 6) is 1.54. The first-order valence-corrected chi connectivity index (χ1v) is 6.44. The summed E-state index contributed by atoms with van der Waals surface area (Å²) in [7, 11) is 0. The fourth-order valence-corrected chi connectivity index (χ4v) is 3.15. The summed E-state index contributed by atoms with van der Waals surface area (Å²) in [4.78, 5) is 14.3. The highest BCUT2D eigenvalue weighted by Gasteiger charge is 2.40. The van der Waals surface area contributed by atoms with Crippen molar-refractivity contribution in [3.63, 3.8) is 0 Å². The van der Waals surface area contributed by atoms with Crippen LogP contribution in [0.2, 0.25) is 0 Å². The predicted molar refractivity (Wildman–Crippen MR) is 60.0 cm³/mol. The van der Waals surface area contributed by atoms with Crippen LogP contribution in [0.25, 0.3) is 0 Å². The molecule has 4 heteroatoms. The smallest absolute Gasteiger partial charge is 0.239 e. The number of hydrogen-bond donors (Lipinski definition) is 1. The maximum atomic E-state index is 12.3. The maximum Gasteiger partial charge on any atom is 0.239 e. The molecule has 0 spiro atoms. The number of carbonyl (C=O) groups excluding carboxylic acids is 1. The van der Waals surface area contributed by atoms with Gasteiger partial charge in [-0.15, -0.1) is 0 Å². The molecule has 0 unspecified atom stereocenters. The number of ether oxygens (including phenoxy) is 1. The SMILES string of the molecule is O=C([C@H]1CCCCN1)N1C[C@H]2COC[C@H]2C1. The first-order valence-electron chi connectivity index (χ1n) is 6.44. The second-order valence-corrected chi connectivity index (χ2v) is 5.30. The highest BCUT2D eigenvalue weighted by Crippen LogP contribution is 2.29. The van der Waals surface area contributed by atoms with Crippen molar-refractivity contribution in [3.8, 4) is 0 Å². The van der Waals surface area contributed by atoms with E-state index in [0.717, 1.165) is 39.3 Å². The van der Waals surface area contributed by atoms with Crippen molar-refractivity contribution in [3.05, 3.63) is 0 Å². The number of likely N-dealkylation sites (tertiary alicyclic amines) is 1. The molecule has 16 heavy (non-hydrogen) atoms. The molecule has 3 heterocycles. The van der Waals surface area contributed by atoms with E-state index in [1.807, 2.05) is 0 Å². The molecule has 3 saturated heterocycles. The second kappa shape index (κ2) is 4.34. The Morgan fingerprint density at radius 2 is 1.94 bits per heavy atom. The van der Waals surface area contributed by atoms with E-state index in [2.05, 4.69) is 10.2 Å². The minimum Gasteiger partial charge on any atom is -0.381 e. The van der Waals surface area contributed by atoms with Gasteiger partial charge in [0.2, 0.25) is 5.91 Å². The van der Waals surface area contributed by atoms with Crippen molar-refractivity contribution >= 4 is 5.91 Å². The molecule has 0 saturated carbocycles. The van der Waals surface area contributed by atoms with Crippen molar-refractivity contribution in [2.24, 2.45) is 11.8 Å². The maximum absolute atomic E-state index is 12.3. The normalized spacial score (nSPS) is 38.8. The molecule has 3 aliphatic heterocycles. The molecule has 0 aromatic carbocycles. The number of amides is 1. The molecule has 3 fully saturated rings. The number of rotatable bonds is 1. The molecule has 0 aromatic heterocycles. The van der Waals surface area contributed by atoms with Crippen LogP contribution < -0.4 is 5.32 Å². The van der Waals surface area contributed by atoms with E-state index in [1.54, 1.807) is 0 Å². The molecular weight excluding hydrogens is 204 g/mol. The van der Waals surface area contributed by atoms with E-state index in [9.17, 15) is 4.79 Å². The highest BCUT2D eigenvalue weighted by molar-refractivity contribution is 5.82. The number of nitrogens with one attached hydrogen (secondary N) is 1. The topological polar surface area (TPSA) is 41.6 Å². The van der Waals surface area contributed by atoms with Gasteiger partial charge in [0, 0.05) is 24.9 Å². The molecular formula is C12H20N2O2. The number of carbonyl (C=O) groups is 1. The Bertz CT molecular complexity index is 264. The van der Waals surface area contributed by atoms with Gasteiger partial charge in [0.1, 0.15) is 0 Å². The van der Waals surface area contributed by atoms with Crippen molar-refractivity contribution < 1.29 is 9.53 Å². The molecule has 0 bridgehead atoms. The minimum absolute atomic E-state index is 0.0912. The van der Waals surface area contributed by atoms with Crippen LogP contribution in [0.5, 0.6) is 0 Å². The molecule has 1 N–H and O–H groups in total. The third kappa shape index (κ3) is 1.84. The molecule has 90 valence electrons. The van der Waals surface area contributed by atoms with Crippen molar-refractivity contribution in [2.45, 2.75) is 25.3 Å². The lowest BCUT2D eigenvalue weighted by molar-refractivity contribution is -0.133. The standard InChI is InChI=1S/C12H20N2O2/c15-12(11-3-1-2-4-13-11)14-5-9-7-16-8-10(9)6-14/h9-11,13H,1-8H2/t9-,10+,11-/m1/s1. The largest absolute Gasteiger partial charge is 0.381 e. The van der Waals surface area contributed by atoms with Crippen LogP contribution in [0.15, 0.2) is 0 Å². The summed E-state index contributed by atoms with van der Waals surface area (Å²) in [6, 6.07) is 0.0912. The van der Waals surface area contributed by atoms with Crippen molar-refractivity contribution in [2.75, 3.05) is 32.8 Å². The van der Waals surface area contributed by atoms with Gasteiger partial charge in [0.05, 0.1) is 19.3 Å². The van der Waals surface area contributed by atoms with Crippen molar-refractivity contribution in [1.29, 1.82) is 0 Å². The number of piperidine rings is 1. The molecule has 3 aliphatic rings. The minimum atomic E-state index is 0.0912. The van der Waals surface area contributed by atoms with Gasteiger partial charge in [-0.3, -0.25) is 4.79 Å². The van der Waals surface area contributed by atoms with Gasteiger partial charge in [-0.1, -0.05) is 6.42 Å². The molecule has 0 radical (unpaired) electrons. The molecule has 0 aromatic rings. The molecule has 3 atom stereocenters. The lowest BCUT2D eigenvalue weighted by Crippen LogP contribution is -2.48. The Morgan fingerprint density at radius 1 is 1.19 bits per heavy atom. The monoisotopic (exact) mass is 224 g/mol. The zero-order valence-corrected chi connectivity index (χ0v) is 9.65. The van der Waals surface area contributed by atoms with Gasteiger partial charge >= 0.3 is 0 Å². The first kappa shape index (κ1) is 10.5. The molecule has 4 nitrogen and oxygen atoms in total. The zero-order valence-electron chi connectivity index (χ0n) is 9.65. The fraction of sp³-hybridized carbons (Fsp3) is 0.917. The van der Waals surface area contributed by atoms with Crippen LogP contribution in [0.1, 0.15) is 19.3 Å². The van der Waals surface area contributed by atoms with Gasteiger partial charge in [-0.2, -0.15) is 0 Å². The Kier molecular flexibility index (Phi) is 2.86. The average Bonchev–Trinajstić information content (AvgIpc) is 2.89. The summed E-state index contributed by atoms with van der Waals surface area (Å²) in [6.07, 6.45) is 3.41. The second-order valence-electron chi connectivity index (χ2n) is 5.30. The van der Waals surface area contributed by atoms with Crippen LogP contribution in [0.4, 0.5) is 0 Å². The molecule has 0 aliphatic carbocycles. The lowest BCUT2D eigenvalue weighted by Gasteiger charge is -2.27. The highest BCUT2D eigenvalue weighted by atomic mass is 16.5. The Balaban J connectivity index is 1.59. The summed E-state index contributed by atoms with van der Waals surface area (Å²) in [5, 5.41) is 3.34. The van der Waals surface area contributed by atoms with E-state index in [0.29, 0.717) is 17.7 Å². The summed E-state index contributed by atoms with van der Waals surface area (Å²) < 4.78 is 5.43. The van der Waals surface area contributed by atoms with Crippen LogP contribution in [-0.4, -0.2) is 49.7 Å². The van der Waals surface area contributed by atoms with E-state index < -0.39 is 0 Å². The quantitative estimate of drug-likeness (QED) is 0.693. The van der Waals surface area contributed by atoms with E-state index in [4.69, 9.17) is 4.74 Å². The average molecular weight is 224 g/mol. The number of hydrogen-bond acceptors (Lipinski definition) is 3. The Morgan fingerprint density at radius 3 is 2.56 bits per heavy atom. The lowest BCUT2D eigenvalue weighted by atomic mass is 10.0. The number of fused-ring (bicyclic) bond motifs is 1. The summed E-state index contributed by atoms with van der Waals surface area (Å²) >= 11 is 0. The van der Waals surface area contributed by atoms with E-state index in [1.165, 1.54) is 12.8 Å². The summed E-state index contributed by atoms with van der Waals surface area (Å²) in [6.45, 7) is 4.54. The molecule has 3 rings (SSSR count). The van der Waals surface area contributed by atoms with E-state index >= 15 is 0 Å². The predicted octanol–water partition coefficient (Wildman–Crippen LogP) is 0.233. The summed E-state index contributed by atoms with van der Waals surface area (Å²) in [5.41, 5.74) is 0. The van der Waals surface area contributed by atoms with Crippen LogP contribution in [-0.2, 0) is 9.53 Å². The van der Waals surface area contributed by atoms with Crippen LogP contribution in [0.3, 0.4) is 0 Å².